The SMILES string of the molecule is CC(C)c1nc(CN2CCC[C@]3(CCNC3)C2)co1. The quantitative estimate of drug-likeness (QED) is 0.909. The zero-order valence-corrected chi connectivity index (χ0v) is 12.1. The number of rotatable bonds is 3. The number of piperidine rings is 1. The largest absolute Gasteiger partial charge is 0.448 e. The van der Waals surface area contributed by atoms with E-state index in [4.69, 9.17) is 4.42 Å². The Balaban J connectivity index is 1.62. The van der Waals surface area contributed by atoms with Crippen molar-refractivity contribution >= 4 is 0 Å². The Morgan fingerprint density at radius 2 is 2.37 bits per heavy atom. The number of nitrogens with zero attached hydrogens (tertiary/aromatic N) is 2. The molecular formula is C15H25N3O. The van der Waals surface area contributed by atoms with Crippen LogP contribution in [0, 0.1) is 5.41 Å². The average Bonchev–Trinajstić information content (AvgIpc) is 3.00. The molecule has 0 saturated carbocycles. The fourth-order valence-corrected chi connectivity index (χ4v) is 3.48. The van der Waals surface area contributed by atoms with Crippen LogP contribution in [0.4, 0.5) is 0 Å². The van der Waals surface area contributed by atoms with E-state index >= 15 is 0 Å². The second kappa shape index (κ2) is 5.25. The Labute approximate surface area is 115 Å². The monoisotopic (exact) mass is 263 g/mol. The Morgan fingerprint density at radius 3 is 3.05 bits per heavy atom. The minimum atomic E-state index is 0.375. The summed E-state index contributed by atoms with van der Waals surface area (Å²) in [7, 11) is 0. The molecular weight excluding hydrogens is 238 g/mol. The number of hydrogen-bond acceptors (Lipinski definition) is 4. The van der Waals surface area contributed by atoms with Crippen LogP contribution in [0.3, 0.4) is 0 Å². The molecule has 2 aliphatic rings. The van der Waals surface area contributed by atoms with Crippen LogP contribution in [0.25, 0.3) is 0 Å². The van der Waals surface area contributed by atoms with Gasteiger partial charge in [-0.1, -0.05) is 13.8 Å². The van der Waals surface area contributed by atoms with Crippen molar-refractivity contribution in [2.24, 2.45) is 5.41 Å². The lowest BCUT2D eigenvalue weighted by molar-refractivity contribution is 0.0967. The van der Waals surface area contributed by atoms with Gasteiger partial charge in [0.05, 0.1) is 5.69 Å². The predicted octanol–water partition coefficient (Wildman–Crippen LogP) is 2.37. The van der Waals surface area contributed by atoms with E-state index in [0.29, 0.717) is 11.3 Å². The highest BCUT2D eigenvalue weighted by Gasteiger charge is 2.37. The second-order valence-corrected chi connectivity index (χ2v) is 6.57. The highest BCUT2D eigenvalue weighted by Crippen LogP contribution is 2.35. The number of likely N-dealkylation sites (tertiary alicyclic amines) is 1. The topological polar surface area (TPSA) is 41.3 Å². The summed E-state index contributed by atoms with van der Waals surface area (Å²) in [6.07, 6.45) is 5.87. The molecule has 1 aromatic rings. The molecule has 0 amide bonds. The summed E-state index contributed by atoms with van der Waals surface area (Å²) < 4.78 is 5.53. The Morgan fingerprint density at radius 1 is 1.47 bits per heavy atom. The molecule has 2 saturated heterocycles. The van der Waals surface area contributed by atoms with Crippen LogP contribution in [0.15, 0.2) is 10.7 Å². The lowest BCUT2D eigenvalue weighted by atomic mass is 9.79. The van der Waals surface area contributed by atoms with Crippen LogP contribution >= 0.6 is 0 Å². The molecule has 0 unspecified atom stereocenters. The van der Waals surface area contributed by atoms with Crippen molar-refractivity contribution in [2.45, 2.75) is 45.6 Å². The molecule has 4 nitrogen and oxygen atoms in total. The molecule has 3 heterocycles. The summed E-state index contributed by atoms with van der Waals surface area (Å²) in [5.41, 5.74) is 1.62. The number of nitrogens with one attached hydrogen (secondary N) is 1. The third-order valence-corrected chi connectivity index (χ3v) is 4.52. The molecule has 0 radical (unpaired) electrons. The zero-order valence-electron chi connectivity index (χ0n) is 12.1. The molecule has 4 heteroatoms. The Bertz CT molecular complexity index is 421. The maximum Gasteiger partial charge on any atom is 0.196 e. The fourth-order valence-electron chi connectivity index (χ4n) is 3.48. The van der Waals surface area contributed by atoms with Crippen LogP contribution in [0.5, 0.6) is 0 Å². The van der Waals surface area contributed by atoms with Crippen molar-refractivity contribution in [3.8, 4) is 0 Å². The molecule has 3 rings (SSSR count). The molecule has 1 atom stereocenters. The lowest BCUT2D eigenvalue weighted by Crippen LogP contribution is -2.44. The first kappa shape index (κ1) is 13.1. The standard InChI is InChI=1S/C15H25N3O/c1-12(2)14-17-13(9-19-14)8-18-7-3-4-15(11-18)5-6-16-10-15/h9,12,16H,3-8,10-11H2,1-2H3/t15-/m1/s1. The highest BCUT2D eigenvalue weighted by atomic mass is 16.3. The van der Waals surface area contributed by atoms with E-state index in [-0.39, 0.29) is 0 Å². The first-order chi connectivity index (χ1) is 9.17. The van der Waals surface area contributed by atoms with Crippen molar-refractivity contribution < 1.29 is 4.42 Å². The molecule has 0 bridgehead atoms. The molecule has 1 aromatic heterocycles. The van der Waals surface area contributed by atoms with E-state index in [1.54, 1.807) is 0 Å². The summed E-state index contributed by atoms with van der Waals surface area (Å²) >= 11 is 0. The maximum atomic E-state index is 5.53. The van der Waals surface area contributed by atoms with Gasteiger partial charge in [-0.25, -0.2) is 4.98 Å². The maximum absolute atomic E-state index is 5.53. The van der Waals surface area contributed by atoms with Crippen LogP contribution in [-0.2, 0) is 6.54 Å². The molecule has 106 valence electrons. The van der Waals surface area contributed by atoms with Crippen molar-refractivity contribution in [1.82, 2.24) is 15.2 Å². The normalized spacial score (nSPS) is 28.6. The highest BCUT2D eigenvalue weighted by molar-refractivity contribution is 5.01. The zero-order chi connectivity index (χ0) is 13.3. The molecule has 0 aliphatic carbocycles. The number of oxazole rings is 1. The predicted molar refractivity (Wildman–Crippen MR) is 75.0 cm³/mol. The molecule has 19 heavy (non-hydrogen) atoms. The lowest BCUT2D eigenvalue weighted by Gasteiger charge is -2.39. The van der Waals surface area contributed by atoms with Crippen molar-refractivity contribution in [2.75, 3.05) is 26.2 Å². The summed E-state index contributed by atoms with van der Waals surface area (Å²) in [5, 5.41) is 3.53. The van der Waals surface area contributed by atoms with Crippen LogP contribution in [0.2, 0.25) is 0 Å². The number of hydrogen-bond donors (Lipinski definition) is 1. The van der Waals surface area contributed by atoms with Gasteiger partial charge >= 0.3 is 0 Å². The second-order valence-electron chi connectivity index (χ2n) is 6.57. The van der Waals surface area contributed by atoms with Crippen molar-refractivity contribution in [3.05, 3.63) is 17.8 Å². The minimum Gasteiger partial charge on any atom is -0.448 e. The van der Waals surface area contributed by atoms with Gasteiger partial charge in [-0.3, -0.25) is 4.90 Å². The average molecular weight is 263 g/mol. The van der Waals surface area contributed by atoms with E-state index < -0.39 is 0 Å². The van der Waals surface area contributed by atoms with Gasteiger partial charge in [0.25, 0.3) is 0 Å². The molecule has 2 aliphatic heterocycles. The van der Waals surface area contributed by atoms with E-state index in [1.807, 2.05) is 6.26 Å². The van der Waals surface area contributed by atoms with E-state index in [0.717, 1.165) is 18.1 Å². The summed E-state index contributed by atoms with van der Waals surface area (Å²) in [5.74, 6) is 1.24. The third kappa shape index (κ3) is 2.84. The van der Waals surface area contributed by atoms with Gasteiger partial charge in [0.2, 0.25) is 0 Å². The van der Waals surface area contributed by atoms with Gasteiger partial charge < -0.3 is 9.73 Å². The van der Waals surface area contributed by atoms with Gasteiger partial charge in [-0.05, 0) is 37.8 Å². The van der Waals surface area contributed by atoms with Gasteiger partial charge in [0.15, 0.2) is 5.89 Å². The third-order valence-electron chi connectivity index (χ3n) is 4.52. The van der Waals surface area contributed by atoms with E-state index in [2.05, 4.69) is 29.0 Å². The van der Waals surface area contributed by atoms with Crippen LogP contribution in [0.1, 0.15) is 50.6 Å². The van der Waals surface area contributed by atoms with Gasteiger partial charge in [-0.2, -0.15) is 0 Å². The summed E-state index contributed by atoms with van der Waals surface area (Å²) in [4.78, 5) is 7.15. The molecule has 1 N–H and O–H groups in total. The number of aromatic nitrogens is 1. The van der Waals surface area contributed by atoms with Crippen molar-refractivity contribution in [3.63, 3.8) is 0 Å². The van der Waals surface area contributed by atoms with Crippen LogP contribution < -0.4 is 5.32 Å². The van der Waals surface area contributed by atoms with Gasteiger partial charge in [0.1, 0.15) is 6.26 Å². The molecule has 0 aromatic carbocycles. The first-order valence-corrected chi connectivity index (χ1v) is 7.54. The van der Waals surface area contributed by atoms with Crippen molar-refractivity contribution in [1.29, 1.82) is 0 Å². The summed E-state index contributed by atoms with van der Waals surface area (Å²) in [6, 6.07) is 0. The molecule has 2 fully saturated rings. The minimum absolute atomic E-state index is 0.375. The van der Waals surface area contributed by atoms with E-state index in [1.165, 1.54) is 45.4 Å². The molecule has 1 spiro atoms. The fraction of sp³-hybridized carbons (Fsp3) is 0.800. The summed E-state index contributed by atoms with van der Waals surface area (Å²) in [6.45, 7) is 9.98. The first-order valence-electron chi connectivity index (χ1n) is 7.54. The Kier molecular flexibility index (Phi) is 3.63. The Hall–Kier alpha value is -0.870. The van der Waals surface area contributed by atoms with Gasteiger partial charge in [0, 0.05) is 25.6 Å². The van der Waals surface area contributed by atoms with Gasteiger partial charge in [-0.15, -0.1) is 0 Å². The smallest absolute Gasteiger partial charge is 0.196 e. The van der Waals surface area contributed by atoms with E-state index in [9.17, 15) is 0 Å². The van der Waals surface area contributed by atoms with Crippen LogP contribution in [-0.4, -0.2) is 36.1 Å².